The van der Waals surface area contributed by atoms with E-state index in [0.717, 1.165) is 42.6 Å². The Kier molecular flexibility index (Phi) is 5.64. The van der Waals surface area contributed by atoms with Crippen LogP contribution in [0.5, 0.6) is 0 Å². The van der Waals surface area contributed by atoms with Crippen molar-refractivity contribution in [2.24, 2.45) is 5.73 Å². The highest BCUT2D eigenvalue weighted by atomic mass is 16.1. The van der Waals surface area contributed by atoms with Gasteiger partial charge in [0.25, 0.3) is 5.91 Å². The third-order valence-corrected chi connectivity index (χ3v) is 5.94. The van der Waals surface area contributed by atoms with Gasteiger partial charge < -0.3 is 21.7 Å². The molecule has 5 rings (SSSR count). The van der Waals surface area contributed by atoms with Crippen molar-refractivity contribution in [2.45, 2.75) is 44.2 Å². The van der Waals surface area contributed by atoms with Crippen LogP contribution in [0.2, 0.25) is 0 Å². The summed E-state index contributed by atoms with van der Waals surface area (Å²) in [5, 5.41) is 9.63. The number of nitrogens with two attached hydrogens (primary N) is 1. The molecule has 5 N–H and O–H groups in total. The molecule has 1 fully saturated rings. The Morgan fingerprint density at radius 1 is 1.06 bits per heavy atom. The van der Waals surface area contributed by atoms with E-state index in [1.807, 2.05) is 24.3 Å². The first-order valence-corrected chi connectivity index (χ1v) is 11.0. The van der Waals surface area contributed by atoms with Crippen molar-refractivity contribution < 1.29 is 4.79 Å². The molecule has 0 unspecified atom stereocenters. The summed E-state index contributed by atoms with van der Waals surface area (Å²) in [4.78, 5) is 30.6. The second-order valence-corrected chi connectivity index (χ2v) is 8.20. The number of hydrogen-bond donors (Lipinski definition) is 4. The van der Waals surface area contributed by atoms with Gasteiger partial charge in [0, 0.05) is 48.7 Å². The molecular formula is C23H26N8O. The second-order valence-electron chi connectivity index (χ2n) is 8.20. The van der Waals surface area contributed by atoms with Crippen LogP contribution in [0.15, 0.2) is 42.7 Å². The summed E-state index contributed by atoms with van der Waals surface area (Å²) < 4.78 is 0. The Hall–Kier alpha value is -3.59. The van der Waals surface area contributed by atoms with Gasteiger partial charge >= 0.3 is 0 Å². The predicted octanol–water partition coefficient (Wildman–Crippen LogP) is 2.64. The first-order chi connectivity index (χ1) is 15.7. The first kappa shape index (κ1) is 20.3. The molecule has 1 aliphatic carbocycles. The monoisotopic (exact) mass is 430 g/mol. The quantitative estimate of drug-likeness (QED) is 0.486. The number of benzene rings is 1. The molecule has 32 heavy (non-hydrogen) atoms. The number of fused-ring (bicyclic) bond motifs is 1. The Bertz CT molecular complexity index is 1120. The molecule has 0 spiro atoms. The maximum atomic E-state index is 12.6. The van der Waals surface area contributed by atoms with E-state index >= 15 is 0 Å². The van der Waals surface area contributed by atoms with Crippen molar-refractivity contribution in [3.8, 4) is 11.4 Å². The lowest BCUT2D eigenvalue weighted by atomic mass is 9.91. The zero-order valence-corrected chi connectivity index (χ0v) is 17.7. The second kappa shape index (κ2) is 8.88. The van der Waals surface area contributed by atoms with E-state index in [9.17, 15) is 4.79 Å². The molecule has 164 valence electrons. The molecule has 9 heteroatoms. The number of carbonyl (C=O) groups excluding carboxylic acids is 1. The summed E-state index contributed by atoms with van der Waals surface area (Å²) in [6.07, 6.45) is 8.34. The van der Waals surface area contributed by atoms with Crippen molar-refractivity contribution in [3.63, 3.8) is 0 Å². The van der Waals surface area contributed by atoms with Gasteiger partial charge in [-0.25, -0.2) is 15.0 Å². The number of nitrogens with one attached hydrogen (secondary N) is 3. The number of aromatic nitrogens is 4. The summed E-state index contributed by atoms with van der Waals surface area (Å²) in [5.74, 6) is 1.44. The molecular weight excluding hydrogens is 404 g/mol. The topological polar surface area (TPSA) is 131 Å². The van der Waals surface area contributed by atoms with E-state index in [1.165, 1.54) is 0 Å². The number of anilines is 3. The van der Waals surface area contributed by atoms with Crippen LogP contribution in [0, 0.1) is 0 Å². The third kappa shape index (κ3) is 4.24. The van der Waals surface area contributed by atoms with Gasteiger partial charge in [-0.05, 0) is 31.0 Å². The first-order valence-electron chi connectivity index (χ1n) is 11.0. The van der Waals surface area contributed by atoms with Crippen molar-refractivity contribution in [1.29, 1.82) is 0 Å². The number of carbonyl (C=O) groups is 1. The maximum absolute atomic E-state index is 12.6. The number of rotatable bonds is 5. The smallest absolute Gasteiger partial charge is 0.256 e. The van der Waals surface area contributed by atoms with E-state index in [-0.39, 0.29) is 18.0 Å². The van der Waals surface area contributed by atoms with Crippen molar-refractivity contribution in [3.05, 3.63) is 54.0 Å². The molecule has 0 bridgehead atoms. The van der Waals surface area contributed by atoms with E-state index < -0.39 is 0 Å². The van der Waals surface area contributed by atoms with Gasteiger partial charge in [-0.15, -0.1) is 0 Å². The van der Waals surface area contributed by atoms with E-state index in [0.29, 0.717) is 36.1 Å². The minimum Gasteiger partial charge on any atom is -0.351 e. The van der Waals surface area contributed by atoms with Crippen LogP contribution in [0.1, 0.15) is 41.7 Å². The Morgan fingerprint density at radius 3 is 2.75 bits per heavy atom. The van der Waals surface area contributed by atoms with Gasteiger partial charge in [0.05, 0.1) is 5.69 Å². The summed E-state index contributed by atoms with van der Waals surface area (Å²) in [5.41, 5.74) is 9.19. The predicted molar refractivity (Wildman–Crippen MR) is 123 cm³/mol. The fraction of sp³-hybridized carbons (Fsp3) is 0.348. The molecule has 3 aromatic rings. The fourth-order valence-electron chi connectivity index (χ4n) is 4.29. The molecule has 0 saturated heterocycles. The van der Waals surface area contributed by atoms with Crippen molar-refractivity contribution >= 4 is 23.4 Å². The average Bonchev–Trinajstić information content (AvgIpc) is 2.81. The molecule has 2 aromatic heterocycles. The van der Waals surface area contributed by atoms with Crippen molar-refractivity contribution in [1.82, 2.24) is 25.3 Å². The van der Waals surface area contributed by atoms with Gasteiger partial charge in [-0.3, -0.25) is 4.79 Å². The minimum absolute atomic E-state index is 0.0747. The molecule has 1 saturated carbocycles. The Labute approximate surface area is 186 Å². The summed E-state index contributed by atoms with van der Waals surface area (Å²) >= 11 is 0. The van der Waals surface area contributed by atoms with Crippen molar-refractivity contribution in [2.75, 3.05) is 17.2 Å². The molecule has 1 aromatic carbocycles. The maximum Gasteiger partial charge on any atom is 0.256 e. The summed E-state index contributed by atoms with van der Waals surface area (Å²) in [7, 11) is 0. The van der Waals surface area contributed by atoms with E-state index in [1.54, 1.807) is 18.5 Å². The van der Waals surface area contributed by atoms with Gasteiger partial charge in [0.2, 0.25) is 5.95 Å². The van der Waals surface area contributed by atoms with Crippen LogP contribution >= 0.6 is 0 Å². The zero-order chi connectivity index (χ0) is 21.9. The highest BCUT2D eigenvalue weighted by molar-refractivity contribution is 6.01. The lowest BCUT2D eigenvalue weighted by Gasteiger charge is -2.30. The van der Waals surface area contributed by atoms with Crippen LogP contribution in [-0.4, -0.2) is 44.5 Å². The fourth-order valence-corrected chi connectivity index (χ4v) is 4.29. The molecule has 2 aliphatic rings. The average molecular weight is 431 g/mol. The lowest BCUT2D eigenvalue weighted by molar-refractivity contribution is 0.0945. The zero-order valence-electron chi connectivity index (χ0n) is 17.7. The van der Waals surface area contributed by atoms with Crippen LogP contribution in [0.3, 0.4) is 0 Å². The van der Waals surface area contributed by atoms with Crippen LogP contribution in [0.4, 0.5) is 17.5 Å². The summed E-state index contributed by atoms with van der Waals surface area (Å²) in [6.45, 7) is 0.561. The standard InChI is InChI=1S/C23H26N8O/c24-16-7-1-2-8-17(16)29-23-30-18-9-12-27-22(32)19(18)21(31-23)28-15-6-3-5-14(13-15)20-25-10-4-11-26-20/h3-6,10-11,13,16-17H,1-2,7-9,12,24H2,(H,27,32)(H2,28,29,30,31)/t16-,17+/m0/s1. The van der Waals surface area contributed by atoms with Crippen LogP contribution in [0.25, 0.3) is 11.4 Å². The van der Waals surface area contributed by atoms with Gasteiger partial charge in [-0.2, -0.15) is 4.98 Å². The Balaban J connectivity index is 1.48. The largest absolute Gasteiger partial charge is 0.351 e. The van der Waals surface area contributed by atoms with Crippen LogP contribution in [-0.2, 0) is 6.42 Å². The molecule has 0 radical (unpaired) electrons. The highest BCUT2D eigenvalue weighted by Crippen LogP contribution is 2.28. The summed E-state index contributed by atoms with van der Waals surface area (Å²) in [6, 6.07) is 9.71. The van der Waals surface area contributed by atoms with E-state index in [2.05, 4.69) is 35.9 Å². The molecule has 2 atom stereocenters. The normalized spacial score (nSPS) is 20.2. The minimum atomic E-state index is -0.169. The molecule has 1 amide bonds. The number of hydrogen-bond acceptors (Lipinski definition) is 8. The molecule has 9 nitrogen and oxygen atoms in total. The lowest BCUT2D eigenvalue weighted by Crippen LogP contribution is -2.43. The SMILES string of the molecule is N[C@H]1CCCC[C@H]1Nc1nc2c(c(Nc3cccc(-c4ncccn4)c3)n1)C(=O)NCC2. The van der Waals surface area contributed by atoms with Gasteiger partial charge in [0.15, 0.2) is 5.82 Å². The third-order valence-electron chi connectivity index (χ3n) is 5.94. The molecule has 3 heterocycles. The highest BCUT2D eigenvalue weighted by Gasteiger charge is 2.27. The van der Waals surface area contributed by atoms with Gasteiger partial charge in [0.1, 0.15) is 11.4 Å². The van der Waals surface area contributed by atoms with Crippen LogP contribution < -0.4 is 21.7 Å². The van der Waals surface area contributed by atoms with Gasteiger partial charge in [-0.1, -0.05) is 25.0 Å². The number of amides is 1. The Morgan fingerprint density at radius 2 is 1.91 bits per heavy atom. The number of nitrogens with zero attached hydrogens (tertiary/aromatic N) is 4. The van der Waals surface area contributed by atoms with E-state index in [4.69, 9.17) is 5.73 Å². The molecule has 1 aliphatic heterocycles.